The van der Waals surface area contributed by atoms with E-state index in [4.69, 9.17) is 9.84 Å². The van der Waals surface area contributed by atoms with Crippen molar-refractivity contribution in [3.63, 3.8) is 0 Å². The third-order valence-electron chi connectivity index (χ3n) is 5.82. The van der Waals surface area contributed by atoms with Crippen molar-refractivity contribution in [2.75, 3.05) is 6.61 Å². The first-order valence-corrected chi connectivity index (χ1v) is 12.8. The Labute approximate surface area is 190 Å². The summed E-state index contributed by atoms with van der Waals surface area (Å²) in [6, 6.07) is 5.65. The number of carboxylic acids is 1. The van der Waals surface area contributed by atoms with Gasteiger partial charge >= 0.3 is 5.97 Å². The summed E-state index contributed by atoms with van der Waals surface area (Å²) in [5.74, 6) is 0.436. The molecule has 0 aliphatic heterocycles. The van der Waals surface area contributed by atoms with Crippen LogP contribution in [0.3, 0.4) is 0 Å². The summed E-state index contributed by atoms with van der Waals surface area (Å²) >= 11 is 0. The predicted molar refractivity (Wildman–Crippen MR) is 129 cm³/mol. The largest absolute Gasteiger partial charge is 0.508 e. The quantitative estimate of drug-likeness (QED) is 0.192. The first kappa shape index (κ1) is 27.3. The molecule has 1 aromatic carbocycles. The van der Waals surface area contributed by atoms with Crippen LogP contribution in [0.4, 0.5) is 0 Å². The molecule has 4 heteroatoms. The Morgan fingerprint density at radius 2 is 1.29 bits per heavy atom. The van der Waals surface area contributed by atoms with Gasteiger partial charge in [-0.25, -0.2) is 0 Å². The number of carbonyl (C=O) groups is 1. The normalized spacial score (nSPS) is 11.0. The minimum absolute atomic E-state index is 0.308. The number of aromatic hydroxyl groups is 1. The molecule has 0 saturated heterocycles. The van der Waals surface area contributed by atoms with Gasteiger partial charge in [0.2, 0.25) is 0 Å². The molecule has 31 heavy (non-hydrogen) atoms. The molecular weight excluding hydrogens is 388 g/mol. The lowest BCUT2D eigenvalue weighted by Gasteiger charge is -2.09. The second-order valence-electron chi connectivity index (χ2n) is 8.88. The molecule has 2 N–H and O–H groups in total. The SMILES string of the molecule is CCCCCc1cc(O)cc(OCCCCCCCCCCCCCCCC(=O)O)c1. The van der Waals surface area contributed by atoms with Gasteiger partial charge in [0, 0.05) is 12.5 Å². The van der Waals surface area contributed by atoms with E-state index >= 15 is 0 Å². The Bertz CT molecular complexity index is 570. The molecular formula is C27H46O4. The van der Waals surface area contributed by atoms with E-state index in [1.807, 2.05) is 6.07 Å². The van der Waals surface area contributed by atoms with Crippen molar-refractivity contribution >= 4 is 5.97 Å². The zero-order chi connectivity index (χ0) is 22.6. The molecule has 0 spiro atoms. The maximum Gasteiger partial charge on any atom is 0.303 e. The Balaban J connectivity index is 1.91. The molecule has 1 rings (SSSR count). The third-order valence-corrected chi connectivity index (χ3v) is 5.82. The van der Waals surface area contributed by atoms with Crippen LogP contribution >= 0.6 is 0 Å². The van der Waals surface area contributed by atoms with Crippen molar-refractivity contribution < 1.29 is 19.7 Å². The van der Waals surface area contributed by atoms with Crippen molar-refractivity contribution in [3.05, 3.63) is 23.8 Å². The lowest BCUT2D eigenvalue weighted by atomic mass is 10.0. The molecule has 0 amide bonds. The third kappa shape index (κ3) is 16.6. The maximum atomic E-state index is 10.4. The van der Waals surface area contributed by atoms with Crippen LogP contribution in [0.15, 0.2) is 18.2 Å². The molecule has 1 aromatic rings. The zero-order valence-electron chi connectivity index (χ0n) is 19.9. The Hall–Kier alpha value is -1.71. The fourth-order valence-electron chi connectivity index (χ4n) is 3.96. The van der Waals surface area contributed by atoms with Crippen LogP contribution in [0.25, 0.3) is 0 Å². The molecule has 0 unspecified atom stereocenters. The van der Waals surface area contributed by atoms with Crippen molar-refractivity contribution in [1.29, 1.82) is 0 Å². The average Bonchev–Trinajstić information content (AvgIpc) is 2.73. The summed E-state index contributed by atoms with van der Waals surface area (Å²) < 4.78 is 5.86. The Kier molecular flexibility index (Phi) is 16.8. The highest BCUT2D eigenvalue weighted by atomic mass is 16.5. The molecule has 0 aliphatic rings. The van der Waals surface area contributed by atoms with Crippen LogP contribution in [0, 0.1) is 0 Å². The number of rotatable bonds is 21. The number of phenols is 1. The van der Waals surface area contributed by atoms with Crippen molar-refractivity contribution in [2.45, 2.75) is 122 Å². The topological polar surface area (TPSA) is 66.8 Å². The van der Waals surface area contributed by atoms with Crippen LogP contribution in [0.1, 0.15) is 122 Å². The van der Waals surface area contributed by atoms with Gasteiger partial charge in [0.15, 0.2) is 0 Å². The lowest BCUT2D eigenvalue weighted by molar-refractivity contribution is -0.137. The number of carboxylic acid groups (broad SMARTS) is 1. The average molecular weight is 435 g/mol. The van der Waals surface area contributed by atoms with Crippen LogP contribution in [0.2, 0.25) is 0 Å². The molecule has 178 valence electrons. The molecule has 0 bridgehead atoms. The maximum absolute atomic E-state index is 10.4. The van der Waals surface area contributed by atoms with E-state index in [9.17, 15) is 9.90 Å². The summed E-state index contributed by atoms with van der Waals surface area (Å²) in [6.45, 7) is 2.93. The van der Waals surface area contributed by atoms with Crippen LogP contribution in [-0.2, 0) is 11.2 Å². The monoisotopic (exact) mass is 434 g/mol. The van der Waals surface area contributed by atoms with Crippen LogP contribution < -0.4 is 4.74 Å². The van der Waals surface area contributed by atoms with Crippen LogP contribution in [0.5, 0.6) is 11.5 Å². The minimum atomic E-state index is -0.671. The number of hydrogen-bond donors (Lipinski definition) is 2. The number of hydrogen-bond acceptors (Lipinski definition) is 3. The number of aliphatic carboxylic acids is 1. The zero-order valence-corrected chi connectivity index (χ0v) is 19.9. The number of phenolic OH excluding ortho intramolecular Hbond substituents is 1. The summed E-state index contributed by atoms with van der Waals surface area (Å²) in [6.07, 6.45) is 20.7. The molecule has 0 aromatic heterocycles. The van der Waals surface area contributed by atoms with E-state index in [1.54, 1.807) is 6.07 Å². The number of aryl methyl sites for hydroxylation is 1. The van der Waals surface area contributed by atoms with E-state index in [0.717, 1.165) is 44.5 Å². The van der Waals surface area contributed by atoms with Gasteiger partial charge in [-0.2, -0.15) is 0 Å². The van der Waals surface area contributed by atoms with E-state index < -0.39 is 5.97 Å². The van der Waals surface area contributed by atoms with E-state index in [1.165, 1.54) is 82.6 Å². The van der Waals surface area contributed by atoms with Crippen molar-refractivity contribution in [3.8, 4) is 11.5 Å². The van der Waals surface area contributed by atoms with Gasteiger partial charge in [-0.15, -0.1) is 0 Å². The van der Waals surface area contributed by atoms with Gasteiger partial charge in [-0.1, -0.05) is 90.4 Å². The van der Waals surface area contributed by atoms with E-state index in [-0.39, 0.29) is 0 Å². The molecule has 0 radical (unpaired) electrons. The number of ether oxygens (including phenoxy) is 1. The summed E-state index contributed by atoms with van der Waals surface area (Å²) in [5, 5.41) is 18.5. The summed E-state index contributed by atoms with van der Waals surface area (Å²) in [7, 11) is 0. The lowest BCUT2D eigenvalue weighted by Crippen LogP contribution is -1.98. The highest BCUT2D eigenvalue weighted by Crippen LogP contribution is 2.23. The second-order valence-corrected chi connectivity index (χ2v) is 8.88. The first-order chi connectivity index (χ1) is 15.1. The fourth-order valence-corrected chi connectivity index (χ4v) is 3.96. The van der Waals surface area contributed by atoms with Gasteiger partial charge in [-0.3, -0.25) is 4.79 Å². The van der Waals surface area contributed by atoms with Gasteiger partial charge < -0.3 is 14.9 Å². The highest BCUT2D eigenvalue weighted by Gasteiger charge is 2.02. The predicted octanol–water partition coefficient (Wildman–Crippen LogP) is 8.05. The fraction of sp³-hybridized carbons (Fsp3) is 0.741. The summed E-state index contributed by atoms with van der Waals surface area (Å²) in [4.78, 5) is 10.4. The van der Waals surface area contributed by atoms with E-state index in [2.05, 4.69) is 13.0 Å². The first-order valence-electron chi connectivity index (χ1n) is 12.8. The molecule has 0 heterocycles. The highest BCUT2D eigenvalue weighted by molar-refractivity contribution is 5.66. The number of unbranched alkanes of at least 4 members (excludes halogenated alkanes) is 14. The smallest absolute Gasteiger partial charge is 0.303 e. The molecule has 0 fully saturated rings. The molecule has 0 saturated carbocycles. The van der Waals surface area contributed by atoms with Gasteiger partial charge in [-0.05, 0) is 43.4 Å². The summed E-state index contributed by atoms with van der Waals surface area (Å²) in [5.41, 5.74) is 1.17. The van der Waals surface area contributed by atoms with Crippen molar-refractivity contribution in [2.24, 2.45) is 0 Å². The molecule has 4 nitrogen and oxygen atoms in total. The minimum Gasteiger partial charge on any atom is -0.508 e. The molecule has 0 atom stereocenters. The van der Waals surface area contributed by atoms with Gasteiger partial charge in [0.25, 0.3) is 0 Å². The second kappa shape index (κ2) is 19.0. The molecule has 0 aliphatic carbocycles. The van der Waals surface area contributed by atoms with E-state index in [0.29, 0.717) is 12.2 Å². The Morgan fingerprint density at radius 1 is 0.742 bits per heavy atom. The Morgan fingerprint density at radius 3 is 1.84 bits per heavy atom. The van der Waals surface area contributed by atoms with Gasteiger partial charge in [0.05, 0.1) is 6.61 Å². The standard InChI is InChI=1S/C27H46O4/c1-2-3-15-18-24-21-25(28)23-26(22-24)31-20-17-14-12-10-8-6-4-5-7-9-11-13-16-19-27(29)30/h21-23,28H,2-20H2,1H3,(H,29,30). The van der Waals surface area contributed by atoms with Crippen LogP contribution in [-0.4, -0.2) is 22.8 Å². The number of benzene rings is 1. The van der Waals surface area contributed by atoms with Gasteiger partial charge in [0.1, 0.15) is 11.5 Å². The van der Waals surface area contributed by atoms with Crippen molar-refractivity contribution in [1.82, 2.24) is 0 Å².